The van der Waals surface area contributed by atoms with E-state index in [-0.39, 0.29) is 11.5 Å². The molecule has 19 heavy (non-hydrogen) atoms. The summed E-state index contributed by atoms with van der Waals surface area (Å²) in [4.78, 5) is 11.5. The van der Waals surface area contributed by atoms with Gasteiger partial charge in [-0.1, -0.05) is 38.1 Å². The fourth-order valence-electron chi connectivity index (χ4n) is 2.18. The lowest BCUT2D eigenvalue weighted by molar-refractivity contribution is -0.142. The van der Waals surface area contributed by atoms with Gasteiger partial charge in [-0.15, -0.1) is 0 Å². The van der Waals surface area contributed by atoms with Crippen LogP contribution in [0.15, 0.2) is 24.3 Å². The van der Waals surface area contributed by atoms with Crippen LogP contribution in [0.4, 0.5) is 0 Å². The molecule has 0 aliphatic heterocycles. The van der Waals surface area contributed by atoms with Crippen LogP contribution in [-0.2, 0) is 21.5 Å². The van der Waals surface area contributed by atoms with Gasteiger partial charge in [-0.2, -0.15) is 0 Å². The van der Waals surface area contributed by atoms with Crippen molar-refractivity contribution in [3.63, 3.8) is 0 Å². The lowest BCUT2D eigenvalue weighted by Crippen LogP contribution is -2.39. The Labute approximate surface area is 116 Å². The van der Waals surface area contributed by atoms with E-state index in [1.165, 1.54) is 12.7 Å². The number of esters is 1. The Morgan fingerprint density at radius 3 is 2.32 bits per heavy atom. The van der Waals surface area contributed by atoms with Crippen LogP contribution in [0.3, 0.4) is 0 Å². The van der Waals surface area contributed by atoms with Gasteiger partial charge in [0.2, 0.25) is 0 Å². The van der Waals surface area contributed by atoms with Crippen molar-refractivity contribution in [1.82, 2.24) is 5.32 Å². The van der Waals surface area contributed by atoms with E-state index in [0.29, 0.717) is 12.3 Å². The lowest BCUT2D eigenvalue weighted by Gasteiger charge is -2.29. The number of carbonyl (C=O) groups excluding carboxylic acids is 1. The zero-order chi connectivity index (χ0) is 14.5. The van der Waals surface area contributed by atoms with Gasteiger partial charge in [0.25, 0.3) is 0 Å². The zero-order valence-electron chi connectivity index (χ0n) is 12.6. The van der Waals surface area contributed by atoms with E-state index < -0.39 is 0 Å². The van der Waals surface area contributed by atoms with Crippen LogP contribution in [0, 0.1) is 5.92 Å². The van der Waals surface area contributed by atoms with Gasteiger partial charge >= 0.3 is 5.97 Å². The first-order valence-corrected chi connectivity index (χ1v) is 6.76. The predicted molar refractivity (Wildman–Crippen MR) is 78.0 cm³/mol. The van der Waals surface area contributed by atoms with Crippen LogP contribution in [0.1, 0.15) is 38.3 Å². The second-order valence-electron chi connectivity index (χ2n) is 5.63. The van der Waals surface area contributed by atoms with Gasteiger partial charge in [0, 0.05) is 0 Å². The van der Waals surface area contributed by atoms with Crippen molar-refractivity contribution in [3.8, 4) is 0 Å². The summed E-state index contributed by atoms with van der Waals surface area (Å²) in [5.41, 5.74) is 2.05. The summed E-state index contributed by atoms with van der Waals surface area (Å²) < 4.78 is 4.77. The Morgan fingerprint density at radius 2 is 1.89 bits per heavy atom. The first-order chi connectivity index (χ1) is 8.91. The maximum absolute atomic E-state index is 11.5. The minimum absolute atomic E-state index is 0.205. The SMILES string of the molecule is CNC(C)(CC(=O)OC)c1ccc(CC(C)C)cc1. The van der Waals surface area contributed by atoms with E-state index in [4.69, 9.17) is 4.74 Å². The molecular formula is C16H25NO2. The van der Waals surface area contributed by atoms with Crippen LogP contribution < -0.4 is 5.32 Å². The normalized spacial score (nSPS) is 14.2. The molecule has 0 aliphatic carbocycles. The van der Waals surface area contributed by atoms with Crippen molar-refractivity contribution in [3.05, 3.63) is 35.4 Å². The van der Waals surface area contributed by atoms with Gasteiger partial charge in [-0.05, 0) is 37.4 Å². The van der Waals surface area contributed by atoms with E-state index >= 15 is 0 Å². The average molecular weight is 263 g/mol. The highest BCUT2D eigenvalue weighted by Crippen LogP contribution is 2.25. The minimum atomic E-state index is -0.385. The number of carbonyl (C=O) groups is 1. The largest absolute Gasteiger partial charge is 0.469 e. The lowest BCUT2D eigenvalue weighted by atomic mass is 9.87. The maximum atomic E-state index is 11.5. The molecular weight excluding hydrogens is 238 g/mol. The molecule has 3 heteroatoms. The number of rotatable bonds is 6. The molecule has 106 valence electrons. The van der Waals surface area contributed by atoms with E-state index in [9.17, 15) is 4.79 Å². The fraction of sp³-hybridized carbons (Fsp3) is 0.562. The van der Waals surface area contributed by atoms with Gasteiger partial charge in [0.15, 0.2) is 0 Å². The van der Waals surface area contributed by atoms with Crippen LogP contribution >= 0.6 is 0 Å². The summed E-state index contributed by atoms with van der Waals surface area (Å²) in [6.07, 6.45) is 1.40. The summed E-state index contributed by atoms with van der Waals surface area (Å²) >= 11 is 0. The van der Waals surface area contributed by atoms with Crippen LogP contribution in [0.25, 0.3) is 0 Å². The van der Waals surface area contributed by atoms with Crippen LogP contribution in [-0.4, -0.2) is 20.1 Å². The molecule has 3 nitrogen and oxygen atoms in total. The standard InChI is InChI=1S/C16H25NO2/c1-12(2)10-13-6-8-14(9-7-13)16(3,17-4)11-15(18)19-5/h6-9,12,17H,10-11H2,1-5H3. The molecule has 0 spiro atoms. The van der Waals surface area contributed by atoms with E-state index in [2.05, 4.69) is 43.4 Å². The van der Waals surface area contributed by atoms with Crippen LogP contribution in [0.2, 0.25) is 0 Å². The van der Waals surface area contributed by atoms with Crippen LogP contribution in [0.5, 0.6) is 0 Å². The summed E-state index contributed by atoms with van der Waals surface area (Å²) in [6.45, 7) is 6.44. The fourth-order valence-corrected chi connectivity index (χ4v) is 2.18. The number of methoxy groups -OCH3 is 1. The Morgan fingerprint density at radius 1 is 1.32 bits per heavy atom. The molecule has 0 heterocycles. The van der Waals surface area contributed by atoms with Crippen molar-refractivity contribution >= 4 is 5.97 Å². The molecule has 0 saturated heterocycles. The number of hydrogen-bond donors (Lipinski definition) is 1. The highest BCUT2D eigenvalue weighted by atomic mass is 16.5. The molecule has 0 saturated carbocycles. The first-order valence-electron chi connectivity index (χ1n) is 6.76. The van der Waals surface area contributed by atoms with Gasteiger partial charge < -0.3 is 10.1 Å². The Kier molecular flexibility index (Phi) is 5.55. The molecule has 0 aliphatic rings. The second-order valence-corrected chi connectivity index (χ2v) is 5.63. The third-order valence-corrected chi connectivity index (χ3v) is 3.51. The quantitative estimate of drug-likeness (QED) is 0.802. The Balaban J connectivity index is 2.89. The van der Waals surface area contributed by atoms with Gasteiger partial charge in [0.1, 0.15) is 0 Å². The third-order valence-electron chi connectivity index (χ3n) is 3.51. The molecule has 1 N–H and O–H groups in total. The second kappa shape index (κ2) is 6.71. The Bertz CT molecular complexity index is 411. The molecule has 1 rings (SSSR count). The molecule has 0 bridgehead atoms. The van der Waals surface area contributed by atoms with Gasteiger partial charge in [-0.25, -0.2) is 0 Å². The molecule has 0 radical (unpaired) electrons. The highest BCUT2D eigenvalue weighted by molar-refractivity contribution is 5.71. The first kappa shape index (κ1) is 15.7. The number of ether oxygens (including phenoxy) is 1. The van der Waals surface area contributed by atoms with Crippen molar-refractivity contribution in [1.29, 1.82) is 0 Å². The molecule has 1 unspecified atom stereocenters. The molecule has 1 aromatic carbocycles. The summed E-state index contributed by atoms with van der Waals surface area (Å²) in [5.74, 6) is 0.444. The minimum Gasteiger partial charge on any atom is -0.469 e. The molecule has 0 amide bonds. The van der Waals surface area contributed by atoms with Crippen molar-refractivity contribution in [2.24, 2.45) is 5.92 Å². The van der Waals surface area contributed by atoms with Gasteiger partial charge in [-0.3, -0.25) is 4.79 Å². The van der Waals surface area contributed by atoms with Crippen molar-refractivity contribution < 1.29 is 9.53 Å². The number of hydrogen-bond acceptors (Lipinski definition) is 3. The Hall–Kier alpha value is -1.35. The number of benzene rings is 1. The smallest absolute Gasteiger partial charge is 0.307 e. The van der Waals surface area contributed by atoms with Crippen molar-refractivity contribution in [2.75, 3.05) is 14.2 Å². The topological polar surface area (TPSA) is 38.3 Å². The average Bonchev–Trinajstić information content (AvgIpc) is 2.38. The van der Waals surface area contributed by atoms with E-state index in [1.54, 1.807) is 0 Å². The van der Waals surface area contributed by atoms with E-state index in [0.717, 1.165) is 12.0 Å². The molecule has 1 aromatic rings. The summed E-state index contributed by atoms with van der Waals surface area (Å²) in [5, 5.41) is 3.22. The monoisotopic (exact) mass is 263 g/mol. The predicted octanol–water partition coefficient (Wildman–Crippen LogP) is 2.88. The molecule has 0 aromatic heterocycles. The molecule has 1 atom stereocenters. The van der Waals surface area contributed by atoms with E-state index in [1.807, 2.05) is 14.0 Å². The molecule has 0 fully saturated rings. The van der Waals surface area contributed by atoms with Gasteiger partial charge in [0.05, 0.1) is 19.1 Å². The van der Waals surface area contributed by atoms with Crippen molar-refractivity contribution in [2.45, 2.75) is 39.2 Å². The summed E-state index contributed by atoms with van der Waals surface area (Å²) in [7, 11) is 3.29. The third kappa shape index (κ3) is 4.35. The maximum Gasteiger partial charge on any atom is 0.307 e. The number of nitrogens with one attached hydrogen (secondary N) is 1. The highest BCUT2D eigenvalue weighted by Gasteiger charge is 2.28. The summed E-state index contributed by atoms with van der Waals surface area (Å²) in [6, 6.07) is 8.47. The zero-order valence-corrected chi connectivity index (χ0v) is 12.6.